The van der Waals surface area contributed by atoms with Crippen molar-refractivity contribution in [3.8, 4) is 5.75 Å². The number of nitrogens with zero attached hydrogens (tertiary/aromatic N) is 1. The van der Waals surface area contributed by atoms with Crippen LogP contribution in [-0.4, -0.2) is 34.5 Å². The molecule has 1 fully saturated rings. The molecule has 3 aromatic rings. The molecule has 2 aromatic carbocycles. The Hall–Kier alpha value is -4.33. The van der Waals surface area contributed by atoms with Crippen LogP contribution in [0.15, 0.2) is 76.9 Å². The van der Waals surface area contributed by atoms with Crippen molar-refractivity contribution >= 4 is 29.1 Å². The molecule has 4 rings (SSSR count). The van der Waals surface area contributed by atoms with Crippen LogP contribution in [0.4, 0.5) is 5.69 Å². The number of carboxylic acids is 1. The normalized spacial score (nSPS) is 17.2. The van der Waals surface area contributed by atoms with Crippen LogP contribution in [0.5, 0.6) is 5.75 Å². The number of hydrogen-bond donors (Lipinski definition) is 2. The number of rotatable bonds is 8. The molecule has 180 valence electrons. The van der Waals surface area contributed by atoms with Gasteiger partial charge in [0.25, 0.3) is 11.7 Å². The maximum absolute atomic E-state index is 13.2. The van der Waals surface area contributed by atoms with Gasteiger partial charge in [-0.15, -0.1) is 0 Å². The second-order valence-corrected chi connectivity index (χ2v) is 8.65. The molecule has 1 aromatic heterocycles. The van der Waals surface area contributed by atoms with E-state index in [9.17, 15) is 19.5 Å². The lowest BCUT2D eigenvalue weighted by atomic mass is 9.99. The van der Waals surface area contributed by atoms with E-state index in [0.717, 1.165) is 0 Å². The molecule has 2 N–H and O–H groups in total. The largest absolute Gasteiger partial charge is 0.507 e. The molecule has 35 heavy (non-hydrogen) atoms. The molecular formula is C27H25NO7. The van der Waals surface area contributed by atoms with Crippen molar-refractivity contribution < 1.29 is 33.8 Å². The first-order valence-electron chi connectivity index (χ1n) is 11.1. The number of hydrogen-bond acceptors (Lipinski definition) is 6. The number of carbonyl (C=O) groups excluding carboxylic acids is 2. The van der Waals surface area contributed by atoms with E-state index in [0.29, 0.717) is 40.8 Å². The smallest absolute Gasteiger partial charge is 0.307 e. The number of carbonyl (C=O) groups is 3. The van der Waals surface area contributed by atoms with E-state index in [1.165, 1.54) is 11.2 Å². The summed E-state index contributed by atoms with van der Waals surface area (Å²) in [5, 5.41) is 20.2. The van der Waals surface area contributed by atoms with E-state index in [-0.39, 0.29) is 17.8 Å². The highest BCUT2D eigenvalue weighted by Crippen LogP contribution is 2.42. The number of benzene rings is 2. The van der Waals surface area contributed by atoms with Crippen LogP contribution in [0.25, 0.3) is 5.76 Å². The van der Waals surface area contributed by atoms with Gasteiger partial charge in [-0.05, 0) is 47.9 Å². The first-order chi connectivity index (χ1) is 16.8. The average Bonchev–Trinajstić information content (AvgIpc) is 3.45. The molecule has 1 amide bonds. The predicted molar refractivity (Wildman–Crippen MR) is 128 cm³/mol. The quantitative estimate of drug-likeness (QED) is 0.278. The fraction of sp³-hybridized carbons (Fsp3) is 0.222. The molecule has 0 spiro atoms. The van der Waals surface area contributed by atoms with Crippen LogP contribution in [0, 0.1) is 5.92 Å². The maximum Gasteiger partial charge on any atom is 0.307 e. The zero-order valence-corrected chi connectivity index (χ0v) is 19.3. The van der Waals surface area contributed by atoms with Crippen molar-refractivity contribution in [2.75, 3.05) is 11.5 Å². The summed E-state index contributed by atoms with van der Waals surface area (Å²) in [6, 6.07) is 15.2. The van der Waals surface area contributed by atoms with E-state index in [4.69, 9.17) is 14.3 Å². The lowest BCUT2D eigenvalue weighted by Gasteiger charge is -2.23. The van der Waals surface area contributed by atoms with Gasteiger partial charge in [-0.3, -0.25) is 19.3 Å². The minimum atomic E-state index is -1.00. The molecule has 0 bridgehead atoms. The third-order valence-corrected chi connectivity index (χ3v) is 5.52. The van der Waals surface area contributed by atoms with Gasteiger partial charge in [-0.2, -0.15) is 0 Å². The highest BCUT2D eigenvalue weighted by atomic mass is 16.5. The van der Waals surface area contributed by atoms with E-state index in [1.807, 2.05) is 13.8 Å². The zero-order chi connectivity index (χ0) is 25.1. The third-order valence-electron chi connectivity index (χ3n) is 5.52. The van der Waals surface area contributed by atoms with Gasteiger partial charge in [-0.25, -0.2) is 0 Å². The summed E-state index contributed by atoms with van der Waals surface area (Å²) in [5.41, 5.74) is 1.14. The fourth-order valence-electron chi connectivity index (χ4n) is 3.92. The molecule has 0 saturated carbocycles. The molecule has 1 saturated heterocycles. The number of Topliss-reactive ketones (excluding diaryl/α,β-unsaturated/α-hetero) is 1. The van der Waals surface area contributed by atoms with Gasteiger partial charge in [0, 0.05) is 11.3 Å². The second-order valence-electron chi connectivity index (χ2n) is 8.65. The van der Waals surface area contributed by atoms with Crippen molar-refractivity contribution in [3.63, 3.8) is 0 Å². The Morgan fingerprint density at radius 3 is 2.43 bits per heavy atom. The van der Waals surface area contributed by atoms with Gasteiger partial charge in [0.2, 0.25) is 0 Å². The van der Waals surface area contributed by atoms with E-state index in [2.05, 4.69) is 0 Å². The van der Waals surface area contributed by atoms with Crippen LogP contribution in [0.1, 0.15) is 36.8 Å². The van der Waals surface area contributed by atoms with Gasteiger partial charge < -0.3 is 19.4 Å². The third kappa shape index (κ3) is 4.96. The summed E-state index contributed by atoms with van der Waals surface area (Å²) in [7, 11) is 0. The molecule has 0 radical (unpaired) electrons. The summed E-state index contributed by atoms with van der Waals surface area (Å²) in [4.78, 5) is 38.5. The molecule has 1 aliphatic heterocycles. The van der Waals surface area contributed by atoms with Crippen molar-refractivity contribution in [2.45, 2.75) is 26.3 Å². The van der Waals surface area contributed by atoms with Gasteiger partial charge in [-0.1, -0.05) is 38.1 Å². The van der Waals surface area contributed by atoms with Crippen LogP contribution in [0.2, 0.25) is 0 Å². The van der Waals surface area contributed by atoms with Crippen LogP contribution in [-0.2, 0) is 20.8 Å². The summed E-state index contributed by atoms with van der Waals surface area (Å²) < 4.78 is 11.3. The van der Waals surface area contributed by atoms with Crippen LogP contribution in [0.3, 0.4) is 0 Å². The first kappa shape index (κ1) is 23.8. The first-order valence-corrected chi connectivity index (χ1v) is 11.1. The van der Waals surface area contributed by atoms with E-state index in [1.54, 1.807) is 60.7 Å². The molecule has 0 aliphatic carbocycles. The highest BCUT2D eigenvalue weighted by Gasteiger charge is 2.48. The van der Waals surface area contributed by atoms with Crippen LogP contribution >= 0.6 is 0 Å². The summed E-state index contributed by atoms with van der Waals surface area (Å²) in [5.74, 6) is -1.87. The van der Waals surface area contributed by atoms with Gasteiger partial charge in [0.15, 0.2) is 0 Å². The van der Waals surface area contributed by atoms with Crippen LogP contribution < -0.4 is 9.64 Å². The molecule has 1 unspecified atom stereocenters. The van der Waals surface area contributed by atoms with Crippen molar-refractivity contribution in [3.05, 3.63) is 89.4 Å². The molecule has 2 heterocycles. The lowest BCUT2D eigenvalue weighted by Crippen LogP contribution is -2.29. The number of aliphatic carboxylic acids is 1. The van der Waals surface area contributed by atoms with Crippen molar-refractivity contribution in [1.82, 2.24) is 0 Å². The summed E-state index contributed by atoms with van der Waals surface area (Å²) in [6.07, 6.45) is 1.25. The van der Waals surface area contributed by atoms with Crippen molar-refractivity contribution in [1.29, 1.82) is 0 Å². The number of ether oxygens (including phenoxy) is 1. The SMILES string of the molecule is CC(C)COc1cccc(/C(O)=C2/C(=O)C(=O)N(c3ccc(CC(=O)O)cc3)C2c2ccco2)c1. The minimum absolute atomic E-state index is 0.111. The topological polar surface area (TPSA) is 117 Å². The lowest BCUT2D eigenvalue weighted by molar-refractivity contribution is -0.136. The van der Waals surface area contributed by atoms with Gasteiger partial charge in [0.05, 0.1) is 24.9 Å². The molecule has 1 aliphatic rings. The standard InChI is InChI=1S/C27H25NO7/c1-16(2)15-35-20-6-3-5-18(14-20)25(31)23-24(21-7-4-12-34-21)28(27(33)26(23)32)19-10-8-17(9-11-19)13-22(29)30/h3-12,14,16,24,31H,13,15H2,1-2H3,(H,29,30)/b25-23-. The van der Waals surface area contributed by atoms with E-state index < -0.39 is 23.7 Å². The molecule has 8 nitrogen and oxygen atoms in total. The number of ketones is 1. The summed E-state index contributed by atoms with van der Waals surface area (Å²) >= 11 is 0. The maximum atomic E-state index is 13.2. The fourth-order valence-corrected chi connectivity index (χ4v) is 3.92. The zero-order valence-electron chi connectivity index (χ0n) is 19.3. The molecule has 1 atom stereocenters. The Morgan fingerprint density at radius 1 is 1.06 bits per heavy atom. The molecule has 8 heteroatoms. The number of furan rings is 1. The second kappa shape index (κ2) is 9.89. The number of aliphatic hydroxyl groups is 1. The average molecular weight is 475 g/mol. The monoisotopic (exact) mass is 475 g/mol. The van der Waals surface area contributed by atoms with Gasteiger partial charge in [0.1, 0.15) is 23.3 Å². The number of amides is 1. The Labute approximate surface area is 202 Å². The Kier molecular flexibility index (Phi) is 6.73. The highest BCUT2D eigenvalue weighted by molar-refractivity contribution is 6.51. The minimum Gasteiger partial charge on any atom is -0.507 e. The van der Waals surface area contributed by atoms with Crippen molar-refractivity contribution in [2.24, 2.45) is 5.92 Å². The van der Waals surface area contributed by atoms with Gasteiger partial charge >= 0.3 is 5.97 Å². The number of aliphatic hydroxyl groups excluding tert-OH is 1. The Bertz CT molecular complexity index is 1270. The Balaban J connectivity index is 1.78. The molecular weight excluding hydrogens is 450 g/mol. The number of carboxylic acid groups (broad SMARTS) is 1. The van der Waals surface area contributed by atoms with E-state index >= 15 is 0 Å². The Morgan fingerprint density at radius 2 is 1.80 bits per heavy atom. The summed E-state index contributed by atoms with van der Waals surface area (Å²) in [6.45, 7) is 4.52. The predicted octanol–water partition coefficient (Wildman–Crippen LogP) is 4.57. The number of anilines is 1.